The highest BCUT2D eigenvalue weighted by Crippen LogP contribution is 2.38. The number of nitrogens with zero attached hydrogens (tertiary/aromatic N) is 2. The molecule has 1 aromatic rings. The molecule has 2 N–H and O–H groups in total. The zero-order valence-corrected chi connectivity index (χ0v) is 18.6. The van der Waals surface area contributed by atoms with Crippen molar-refractivity contribution >= 4 is 35.8 Å². The minimum Gasteiger partial charge on any atom is -0.355 e. The lowest BCUT2D eigenvalue weighted by Gasteiger charge is -2.31. The Balaban J connectivity index is 0.00000364. The lowest BCUT2D eigenvalue weighted by Crippen LogP contribution is -2.49. The predicted molar refractivity (Wildman–Crippen MR) is 114 cm³/mol. The number of benzene rings is 1. The molecule has 1 aliphatic carbocycles. The van der Waals surface area contributed by atoms with E-state index in [1.807, 2.05) is 0 Å². The van der Waals surface area contributed by atoms with E-state index in [1.165, 1.54) is 12.1 Å². The van der Waals surface area contributed by atoms with Crippen molar-refractivity contribution < 1.29 is 13.6 Å². The van der Waals surface area contributed by atoms with Gasteiger partial charge in [-0.05, 0) is 25.8 Å². The minimum atomic E-state index is -0.605. The molecule has 1 aromatic carbocycles. The number of carbonyl (C=O) groups excluding carboxylic acids is 1. The van der Waals surface area contributed by atoms with Gasteiger partial charge in [-0.1, -0.05) is 18.9 Å². The molecule has 1 saturated carbocycles. The molecule has 152 valence electrons. The fourth-order valence-electron chi connectivity index (χ4n) is 3.58. The van der Waals surface area contributed by atoms with Gasteiger partial charge in [0.15, 0.2) is 5.96 Å². The summed E-state index contributed by atoms with van der Waals surface area (Å²) in [5.41, 5.74) is -0.0693. The molecule has 0 saturated heterocycles. The third-order valence-corrected chi connectivity index (χ3v) is 5.02. The van der Waals surface area contributed by atoms with Gasteiger partial charge in [0.05, 0.1) is 11.5 Å². The third-order valence-electron chi connectivity index (χ3n) is 5.02. The Morgan fingerprint density at radius 2 is 1.93 bits per heavy atom. The largest absolute Gasteiger partial charge is 0.355 e. The molecule has 0 heterocycles. The maximum atomic E-state index is 14.0. The second-order valence-electron chi connectivity index (χ2n) is 7.14. The summed E-state index contributed by atoms with van der Waals surface area (Å²) in [6.45, 7) is 2.25. The van der Waals surface area contributed by atoms with Gasteiger partial charge in [-0.25, -0.2) is 8.78 Å². The highest BCUT2D eigenvalue weighted by Gasteiger charge is 2.42. The molecule has 1 aliphatic rings. The van der Waals surface area contributed by atoms with E-state index in [0.717, 1.165) is 31.7 Å². The maximum Gasteiger partial charge on any atom is 0.230 e. The maximum absolute atomic E-state index is 14.0. The van der Waals surface area contributed by atoms with E-state index in [1.54, 1.807) is 33.0 Å². The van der Waals surface area contributed by atoms with Crippen molar-refractivity contribution in [1.29, 1.82) is 0 Å². The van der Waals surface area contributed by atoms with E-state index in [-0.39, 0.29) is 29.9 Å². The zero-order chi connectivity index (χ0) is 19.3. The number of aliphatic imine (C=N–C) groups is 1. The number of hydrogen-bond acceptors (Lipinski definition) is 2. The zero-order valence-electron chi connectivity index (χ0n) is 16.3. The molecular formula is C19H29F2IN4O. The van der Waals surface area contributed by atoms with Gasteiger partial charge in [-0.3, -0.25) is 9.79 Å². The first-order valence-electron chi connectivity index (χ1n) is 8.93. The van der Waals surface area contributed by atoms with Gasteiger partial charge in [0.2, 0.25) is 5.91 Å². The van der Waals surface area contributed by atoms with Crippen LogP contribution in [0.2, 0.25) is 0 Å². The fourth-order valence-corrected chi connectivity index (χ4v) is 3.58. The molecule has 5 nitrogen and oxygen atoms in total. The van der Waals surface area contributed by atoms with E-state index < -0.39 is 23.1 Å². The Kier molecular flexibility index (Phi) is 8.90. The van der Waals surface area contributed by atoms with E-state index in [4.69, 9.17) is 0 Å². The predicted octanol–water partition coefficient (Wildman–Crippen LogP) is 3.46. The van der Waals surface area contributed by atoms with E-state index in [9.17, 15) is 13.6 Å². The smallest absolute Gasteiger partial charge is 0.230 e. The monoisotopic (exact) mass is 494 g/mol. The van der Waals surface area contributed by atoms with Crippen LogP contribution in [0.3, 0.4) is 0 Å². The van der Waals surface area contributed by atoms with Crippen LogP contribution in [0.15, 0.2) is 23.2 Å². The van der Waals surface area contributed by atoms with E-state index in [0.29, 0.717) is 18.1 Å². The van der Waals surface area contributed by atoms with Crippen LogP contribution in [0.4, 0.5) is 8.78 Å². The Morgan fingerprint density at radius 3 is 2.44 bits per heavy atom. The number of halogens is 3. The van der Waals surface area contributed by atoms with Crippen LogP contribution in [0, 0.1) is 17.0 Å². The number of amides is 1. The summed E-state index contributed by atoms with van der Waals surface area (Å²) >= 11 is 0. The second kappa shape index (κ2) is 10.2. The Labute approximate surface area is 177 Å². The molecule has 0 bridgehead atoms. The molecule has 0 aliphatic heterocycles. The highest BCUT2D eigenvalue weighted by atomic mass is 127. The van der Waals surface area contributed by atoms with Crippen LogP contribution in [0.25, 0.3) is 0 Å². The summed E-state index contributed by atoms with van der Waals surface area (Å²) in [6, 6.07) is 3.12. The van der Waals surface area contributed by atoms with Crippen molar-refractivity contribution in [2.24, 2.45) is 10.4 Å². The summed E-state index contributed by atoms with van der Waals surface area (Å²) in [7, 11) is 5.17. The normalized spacial score (nSPS) is 17.0. The summed E-state index contributed by atoms with van der Waals surface area (Å²) < 4.78 is 27.0. The molecule has 2 rings (SSSR count). The SMILES string of the molecule is CN=C(NCC1(C(=O)N(C)C)CCCC1)NC(C)c1ccc(F)cc1F.I. The van der Waals surface area contributed by atoms with Crippen LogP contribution in [-0.4, -0.2) is 44.5 Å². The minimum absolute atomic E-state index is 0. The first kappa shape index (κ1) is 23.6. The molecule has 0 spiro atoms. The van der Waals surface area contributed by atoms with E-state index >= 15 is 0 Å². The number of rotatable bonds is 5. The number of guanidine groups is 1. The van der Waals surface area contributed by atoms with Crippen LogP contribution in [0.5, 0.6) is 0 Å². The van der Waals surface area contributed by atoms with Crippen molar-refractivity contribution in [1.82, 2.24) is 15.5 Å². The van der Waals surface area contributed by atoms with Crippen LogP contribution < -0.4 is 10.6 Å². The molecule has 1 unspecified atom stereocenters. The summed E-state index contributed by atoms with van der Waals surface area (Å²) in [6.07, 6.45) is 3.75. The van der Waals surface area contributed by atoms with Crippen molar-refractivity contribution in [3.05, 3.63) is 35.4 Å². The Morgan fingerprint density at radius 1 is 1.30 bits per heavy atom. The van der Waals surface area contributed by atoms with Crippen molar-refractivity contribution in [3.63, 3.8) is 0 Å². The van der Waals surface area contributed by atoms with Gasteiger partial charge in [-0.15, -0.1) is 24.0 Å². The third kappa shape index (κ3) is 5.76. The molecule has 8 heteroatoms. The number of hydrogen-bond donors (Lipinski definition) is 2. The summed E-state index contributed by atoms with van der Waals surface area (Å²) in [5.74, 6) is -0.600. The standard InChI is InChI=1S/C19H28F2N4O.HI/c1-13(15-8-7-14(20)11-16(15)21)24-18(22-2)23-12-19(9-5-6-10-19)17(26)25(3)4;/h7-8,11,13H,5-6,9-10,12H2,1-4H3,(H2,22,23,24);1H. The summed E-state index contributed by atoms with van der Waals surface area (Å²) in [4.78, 5) is 18.4. The second-order valence-corrected chi connectivity index (χ2v) is 7.14. The van der Waals surface area contributed by atoms with Gasteiger partial charge in [-0.2, -0.15) is 0 Å². The van der Waals surface area contributed by atoms with Gasteiger partial charge in [0, 0.05) is 39.3 Å². The molecule has 1 atom stereocenters. The van der Waals surface area contributed by atoms with Crippen LogP contribution in [0.1, 0.15) is 44.2 Å². The lowest BCUT2D eigenvalue weighted by molar-refractivity contribution is -0.138. The fraction of sp³-hybridized carbons (Fsp3) is 0.579. The van der Waals surface area contributed by atoms with Crippen molar-refractivity contribution in [2.45, 2.75) is 38.6 Å². The molecule has 1 fully saturated rings. The summed E-state index contributed by atoms with van der Waals surface area (Å²) in [5, 5.41) is 6.32. The number of nitrogens with one attached hydrogen (secondary N) is 2. The first-order valence-corrected chi connectivity index (χ1v) is 8.93. The topological polar surface area (TPSA) is 56.7 Å². The molecular weight excluding hydrogens is 465 g/mol. The van der Waals surface area contributed by atoms with Gasteiger partial charge in [0.25, 0.3) is 0 Å². The molecule has 0 aromatic heterocycles. The highest BCUT2D eigenvalue weighted by molar-refractivity contribution is 14.0. The first-order chi connectivity index (χ1) is 12.3. The van der Waals surface area contributed by atoms with Crippen molar-refractivity contribution in [2.75, 3.05) is 27.7 Å². The lowest BCUT2D eigenvalue weighted by atomic mass is 9.84. The average molecular weight is 494 g/mol. The van der Waals surface area contributed by atoms with Crippen LogP contribution >= 0.6 is 24.0 Å². The average Bonchev–Trinajstić information content (AvgIpc) is 3.07. The quantitative estimate of drug-likeness (QED) is 0.375. The van der Waals surface area contributed by atoms with Gasteiger partial charge in [0.1, 0.15) is 11.6 Å². The Hall–Kier alpha value is -1.45. The van der Waals surface area contributed by atoms with Gasteiger partial charge >= 0.3 is 0 Å². The number of carbonyl (C=O) groups is 1. The van der Waals surface area contributed by atoms with E-state index in [2.05, 4.69) is 15.6 Å². The van der Waals surface area contributed by atoms with Crippen molar-refractivity contribution in [3.8, 4) is 0 Å². The molecule has 1 amide bonds. The Bertz CT molecular complexity index is 676. The molecule has 0 radical (unpaired) electrons. The molecule has 27 heavy (non-hydrogen) atoms. The van der Waals surface area contributed by atoms with Gasteiger partial charge < -0.3 is 15.5 Å². The van der Waals surface area contributed by atoms with Crippen LogP contribution in [-0.2, 0) is 4.79 Å².